The molecule has 0 aromatic heterocycles. The maximum absolute atomic E-state index is 11.6. The molecule has 1 atom stereocenters. The van der Waals surface area contributed by atoms with Crippen molar-refractivity contribution in [1.29, 1.82) is 0 Å². The summed E-state index contributed by atoms with van der Waals surface area (Å²) in [5, 5.41) is 2.50. The van der Waals surface area contributed by atoms with Gasteiger partial charge in [-0.05, 0) is 25.0 Å². The van der Waals surface area contributed by atoms with E-state index in [4.69, 9.17) is 4.55 Å². The Kier molecular flexibility index (Phi) is 6.33. The molecule has 1 rings (SSSR count). The molecule has 19 heavy (non-hydrogen) atoms. The van der Waals surface area contributed by atoms with Gasteiger partial charge in [-0.25, -0.2) is 0 Å². The number of carbonyl (C=O) groups is 1. The Bertz CT molecular complexity index is 502. The first-order valence-corrected chi connectivity index (χ1v) is 7.97. The van der Waals surface area contributed by atoms with E-state index in [1.54, 1.807) is 12.1 Å². The molecule has 0 aliphatic carbocycles. The maximum Gasteiger partial charge on any atom is 0.264 e. The van der Waals surface area contributed by atoms with E-state index in [2.05, 4.69) is 17.9 Å². The first-order valence-electron chi connectivity index (χ1n) is 5.85. The SMILES string of the molecule is O=C(CCC(S)CCS(=O)(=O)O)Nc1ccccc1. The monoisotopic (exact) mass is 303 g/mol. The summed E-state index contributed by atoms with van der Waals surface area (Å²) in [5.41, 5.74) is 0.723. The summed E-state index contributed by atoms with van der Waals surface area (Å²) in [5.74, 6) is -0.473. The average molecular weight is 303 g/mol. The largest absolute Gasteiger partial charge is 0.326 e. The average Bonchev–Trinajstić information content (AvgIpc) is 2.34. The van der Waals surface area contributed by atoms with Gasteiger partial charge in [0.15, 0.2) is 0 Å². The normalized spacial score (nSPS) is 12.9. The summed E-state index contributed by atoms with van der Waals surface area (Å²) in [6, 6.07) is 9.07. The third-order valence-electron chi connectivity index (χ3n) is 2.47. The first-order chi connectivity index (χ1) is 8.87. The zero-order valence-corrected chi connectivity index (χ0v) is 12.0. The fraction of sp³-hybridized carbons (Fsp3) is 0.417. The number of anilines is 1. The van der Waals surface area contributed by atoms with Crippen LogP contribution in [0.2, 0.25) is 0 Å². The van der Waals surface area contributed by atoms with E-state index in [1.807, 2.05) is 18.2 Å². The highest BCUT2D eigenvalue weighted by molar-refractivity contribution is 7.85. The summed E-state index contributed by atoms with van der Waals surface area (Å²) in [7, 11) is -3.96. The Morgan fingerprint density at radius 2 is 1.89 bits per heavy atom. The van der Waals surface area contributed by atoms with Crippen LogP contribution in [0, 0.1) is 0 Å². The van der Waals surface area contributed by atoms with Crippen molar-refractivity contribution in [1.82, 2.24) is 0 Å². The number of thiol groups is 1. The van der Waals surface area contributed by atoms with Gasteiger partial charge in [0, 0.05) is 17.4 Å². The first kappa shape index (κ1) is 16.0. The van der Waals surface area contributed by atoms with Crippen LogP contribution in [0.25, 0.3) is 0 Å². The van der Waals surface area contributed by atoms with Crippen molar-refractivity contribution in [3.63, 3.8) is 0 Å². The van der Waals surface area contributed by atoms with Gasteiger partial charge in [0.25, 0.3) is 10.1 Å². The maximum atomic E-state index is 11.6. The highest BCUT2D eigenvalue weighted by Gasteiger charge is 2.12. The second-order valence-electron chi connectivity index (χ2n) is 4.18. The lowest BCUT2D eigenvalue weighted by molar-refractivity contribution is -0.116. The molecule has 0 saturated heterocycles. The molecular weight excluding hydrogens is 286 g/mol. The van der Waals surface area contributed by atoms with Crippen molar-refractivity contribution in [3.8, 4) is 0 Å². The van der Waals surface area contributed by atoms with Crippen molar-refractivity contribution < 1.29 is 17.8 Å². The fourth-order valence-corrected chi connectivity index (χ4v) is 2.49. The minimum absolute atomic E-state index is 0.142. The number of hydrogen-bond donors (Lipinski definition) is 3. The van der Waals surface area contributed by atoms with Gasteiger partial charge in [0.1, 0.15) is 0 Å². The summed E-state index contributed by atoms with van der Waals surface area (Å²) < 4.78 is 29.7. The number of para-hydroxylation sites is 1. The van der Waals surface area contributed by atoms with Gasteiger partial charge in [0.2, 0.25) is 5.91 Å². The number of amides is 1. The minimum Gasteiger partial charge on any atom is -0.326 e. The Morgan fingerprint density at radius 1 is 1.26 bits per heavy atom. The summed E-state index contributed by atoms with van der Waals surface area (Å²) >= 11 is 4.19. The summed E-state index contributed by atoms with van der Waals surface area (Å²) in [4.78, 5) is 11.6. The van der Waals surface area contributed by atoms with E-state index >= 15 is 0 Å². The third kappa shape index (κ3) is 7.86. The molecule has 0 saturated carbocycles. The predicted octanol–water partition coefficient (Wildman–Crippen LogP) is 1.98. The molecule has 1 aromatic rings. The van der Waals surface area contributed by atoms with E-state index in [9.17, 15) is 13.2 Å². The summed E-state index contributed by atoms with van der Waals surface area (Å²) in [6.07, 6.45) is 0.937. The molecule has 1 unspecified atom stereocenters. The quantitative estimate of drug-likeness (QED) is 0.531. The lowest BCUT2D eigenvalue weighted by Crippen LogP contribution is -2.15. The van der Waals surface area contributed by atoms with Gasteiger partial charge in [-0.3, -0.25) is 9.35 Å². The molecule has 0 bridgehead atoms. The van der Waals surface area contributed by atoms with Crippen LogP contribution in [0.15, 0.2) is 30.3 Å². The molecule has 0 heterocycles. The molecule has 0 radical (unpaired) electrons. The molecule has 1 aromatic carbocycles. The second kappa shape index (κ2) is 7.52. The zero-order valence-electron chi connectivity index (χ0n) is 10.3. The zero-order chi connectivity index (χ0) is 14.3. The second-order valence-corrected chi connectivity index (χ2v) is 6.48. The van der Waals surface area contributed by atoms with E-state index < -0.39 is 10.1 Å². The van der Waals surface area contributed by atoms with Crippen LogP contribution in [0.1, 0.15) is 19.3 Å². The number of carbonyl (C=O) groups excluding carboxylic acids is 1. The van der Waals surface area contributed by atoms with E-state index in [0.717, 1.165) is 5.69 Å². The Morgan fingerprint density at radius 3 is 2.47 bits per heavy atom. The van der Waals surface area contributed by atoms with Crippen LogP contribution in [0.5, 0.6) is 0 Å². The van der Waals surface area contributed by atoms with Gasteiger partial charge in [-0.15, -0.1) is 0 Å². The number of hydrogen-bond acceptors (Lipinski definition) is 4. The minimum atomic E-state index is -3.96. The van der Waals surface area contributed by atoms with Gasteiger partial charge in [-0.1, -0.05) is 18.2 Å². The van der Waals surface area contributed by atoms with E-state index in [-0.39, 0.29) is 29.8 Å². The van der Waals surface area contributed by atoms with Gasteiger partial charge >= 0.3 is 0 Å². The van der Waals surface area contributed by atoms with Crippen molar-refractivity contribution in [2.75, 3.05) is 11.1 Å². The Hall–Kier alpha value is -1.05. The lowest BCUT2D eigenvalue weighted by Gasteiger charge is -2.09. The molecule has 2 N–H and O–H groups in total. The van der Waals surface area contributed by atoms with Crippen LogP contribution in [0.4, 0.5) is 5.69 Å². The van der Waals surface area contributed by atoms with Crippen molar-refractivity contribution in [2.24, 2.45) is 0 Å². The van der Waals surface area contributed by atoms with Gasteiger partial charge in [-0.2, -0.15) is 21.0 Å². The van der Waals surface area contributed by atoms with Crippen LogP contribution >= 0.6 is 12.6 Å². The third-order valence-corrected chi connectivity index (χ3v) is 3.74. The lowest BCUT2D eigenvalue weighted by atomic mass is 10.2. The molecule has 0 spiro atoms. The molecule has 0 aliphatic rings. The number of rotatable bonds is 7. The number of nitrogens with one attached hydrogen (secondary N) is 1. The van der Waals surface area contributed by atoms with Crippen molar-refractivity contribution >= 4 is 34.3 Å². The summed E-state index contributed by atoms with van der Waals surface area (Å²) in [6.45, 7) is 0. The standard InChI is InChI=1S/C12H17NO4S2/c14-12(13-10-4-2-1-3-5-10)7-6-11(18)8-9-19(15,16)17/h1-5,11,18H,6-9H2,(H,13,14)(H,15,16,17). The smallest absolute Gasteiger partial charge is 0.264 e. The molecule has 0 fully saturated rings. The van der Waals surface area contributed by atoms with Crippen LogP contribution in [-0.2, 0) is 14.9 Å². The molecule has 106 valence electrons. The fourth-order valence-electron chi connectivity index (χ4n) is 1.47. The van der Waals surface area contributed by atoms with Crippen LogP contribution < -0.4 is 5.32 Å². The Balaban J connectivity index is 2.27. The topological polar surface area (TPSA) is 83.5 Å². The predicted molar refractivity (Wildman–Crippen MR) is 78.1 cm³/mol. The van der Waals surface area contributed by atoms with Gasteiger partial charge < -0.3 is 5.32 Å². The van der Waals surface area contributed by atoms with Crippen molar-refractivity contribution in [2.45, 2.75) is 24.5 Å². The van der Waals surface area contributed by atoms with Crippen LogP contribution in [-0.4, -0.2) is 29.9 Å². The molecule has 7 heteroatoms. The molecule has 5 nitrogen and oxygen atoms in total. The number of benzene rings is 1. The molecule has 0 aliphatic heterocycles. The van der Waals surface area contributed by atoms with E-state index in [0.29, 0.717) is 6.42 Å². The van der Waals surface area contributed by atoms with E-state index in [1.165, 1.54) is 0 Å². The molecule has 1 amide bonds. The highest BCUT2D eigenvalue weighted by Crippen LogP contribution is 2.12. The Labute approximate surface area is 118 Å². The molecular formula is C12H17NO4S2. The highest BCUT2D eigenvalue weighted by atomic mass is 32.2. The van der Waals surface area contributed by atoms with Gasteiger partial charge in [0.05, 0.1) is 5.75 Å². The van der Waals surface area contributed by atoms with Crippen LogP contribution in [0.3, 0.4) is 0 Å². The van der Waals surface area contributed by atoms with Crippen molar-refractivity contribution in [3.05, 3.63) is 30.3 Å².